The third-order valence-corrected chi connectivity index (χ3v) is 3.58. The van der Waals surface area contributed by atoms with Gasteiger partial charge in [-0.3, -0.25) is 0 Å². The number of hydrogen-bond acceptors (Lipinski definition) is 2. The summed E-state index contributed by atoms with van der Waals surface area (Å²) in [6, 6.07) is 0. The van der Waals surface area contributed by atoms with Gasteiger partial charge in [-0.15, -0.1) is 0 Å². The van der Waals surface area contributed by atoms with Crippen LogP contribution in [0.25, 0.3) is 0 Å². The highest BCUT2D eigenvalue weighted by Gasteiger charge is 2.15. The molecule has 1 saturated heterocycles. The van der Waals surface area contributed by atoms with Crippen molar-refractivity contribution in [2.45, 2.75) is 46.0 Å². The molecule has 1 fully saturated rings. The minimum atomic E-state index is 0.821. The Kier molecular flexibility index (Phi) is 6.26. The Hall–Kier alpha value is -0.0800. The largest absolute Gasteiger partial charge is 0.330 e. The zero-order valence-corrected chi connectivity index (χ0v) is 10.5. The van der Waals surface area contributed by atoms with Gasteiger partial charge in [-0.2, -0.15) is 0 Å². The van der Waals surface area contributed by atoms with Gasteiger partial charge in [0.15, 0.2) is 0 Å². The van der Waals surface area contributed by atoms with Crippen LogP contribution >= 0.6 is 0 Å². The summed E-state index contributed by atoms with van der Waals surface area (Å²) in [6.45, 7) is 9.52. The lowest BCUT2D eigenvalue weighted by molar-refractivity contribution is 0.237. The van der Waals surface area contributed by atoms with Crippen LogP contribution < -0.4 is 5.73 Å². The molecule has 0 amide bonds. The molecule has 0 aromatic heterocycles. The summed E-state index contributed by atoms with van der Waals surface area (Å²) in [7, 11) is 0. The minimum Gasteiger partial charge on any atom is -0.330 e. The van der Waals surface area contributed by atoms with E-state index in [9.17, 15) is 0 Å². The van der Waals surface area contributed by atoms with E-state index in [0.717, 1.165) is 18.4 Å². The fourth-order valence-corrected chi connectivity index (χ4v) is 2.50. The molecule has 1 aliphatic rings. The first-order valence-corrected chi connectivity index (χ1v) is 6.64. The van der Waals surface area contributed by atoms with Gasteiger partial charge in [0.25, 0.3) is 0 Å². The first kappa shape index (κ1) is 13.0. The van der Waals surface area contributed by atoms with E-state index in [0.29, 0.717) is 0 Å². The van der Waals surface area contributed by atoms with Crippen molar-refractivity contribution < 1.29 is 0 Å². The summed E-state index contributed by atoms with van der Waals surface area (Å²) < 4.78 is 0. The molecular formula is C13H28N2. The van der Waals surface area contributed by atoms with Crippen LogP contribution in [-0.4, -0.2) is 31.1 Å². The average Bonchev–Trinajstić information content (AvgIpc) is 2.41. The maximum atomic E-state index is 5.54. The van der Waals surface area contributed by atoms with Gasteiger partial charge in [-0.05, 0) is 63.6 Å². The van der Waals surface area contributed by atoms with Gasteiger partial charge in [-0.25, -0.2) is 0 Å². The highest BCUT2D eigenvalue weighted by atomic mass is 15.1. The second-order valence-electron chi connectivity index (χ2n) is 5.37. The summed E-state index contributed by atoms with van der Waals surface area (Å²) in [4.78, 5) is 2.66. The summed E-state index contributed by atoms with van der Waals surface area (Å²) in [5, 5.41) is 0. The number of nitrogens with two attached hydrogens (primary N) is 1. The lowest BCUT2D eigenvalue weighted by atomic mass is 10.0. The summed E-state index contributed by atoms with van der Waals surface area (Å²) in [5.41, 5.74) is 5.54. The van der Waals surface area contributed by atoms with Gasteiger partial charge in [0, 0.05) is 6.54 Å². The van der Waals surface area contributed by atoms with Crippen molar-refractivity contribution in [1.82, 2.24) is 4.90 Å². The van der Waals surface area contributed by atoms with Crippen molar-refractivity contribution in [2.24, 2.45) is 17.6 Å². The standard InChI is InChI=1S/C13H28N2/c1-12-6-4-9-15(10-7-12)11-13(2)5-3-8-14/h12-13H,3-11,14H2,1-2H3. The highest BCUT2D eigenvalue weighted by Crippen LogP contribution is 2.18. The monoisotopic (exact) mass is 212 g/mol. The zero-order valence-electron chi connectivity index (χ0n) is 10.5. The molecule has 0 aromatic carbocycles. The van der Waals surface area contributed by atoms with E-state index in [1.54, 1.807) is 0 Å². The van der Waals surface area contributed by atoms with E-state index in [1.807, 2.05) is 0 Å². The molecule has 2 unspecified atom stereocenters. The normalized spacial score (nSPS) is 26.2. The van der Waals surface area contributed by atoms with Crippen molar-refractivity contribution in [3.8, 4) is 0 Å². The Bertz CT molecular complexity index is 159. The average molecular weight is 212 g/mol. The van der Waals surface area contributed by atoms with Crippen LogP contribution in [0.15, 0.2) is 0 Å². The molecular weight excluding hydrogens is 184 g/mol. The Morgan fingerprint density at radius 3 is 2.87 bits per heavy atom. The van der Waals surface area contributed by atoms with Gasteiger partial charge in [0.05, 0.1) is 0 Å². The molecule has 0 radical (unpaired) electrons. The van der Waals surface area contributed by atoms with Crippen LogP contribution in [0.4, 0.5) is 0 Å². The predicted octanol–water partition coefficient (Wildman–Crippen LogP) is 2.48. The van der Waals surface area contributed by atoms with Crippen LogP contribution in [0.3, 0.4) is 0 Å². The SMILES string of the molecule is CC1CCCN(CC(C)CCCN)CC1. The number of nitrogens with zero attached hydrogens (tertiary/aromatic N) is 1. The van der Waals surface area contributed by atoms with Crippen LogP contribution in [0.5, 0.6) is 0 Å². The Morgan fingerprint density at radius 1 is 1.33 bits per heavy atom. The fourth-order valence-electron chi connectivity index (χ4n) is 2.50. The molecule has 0 bridgehead atoms. The molecule has 15 heavy (non-hydrogen) atoms. The van der Waals surface area contributed by atoms with Crippen LogP contribution in [0, 0.1) is 11.8 Å². The first-order chi connectivity index (χ1) is 7.22. The van der Waals surface area contributed by atoms with E-state index in [-0.39, 0.29) is 0 Å². The van der Waals surface area contributed by atoms with Crippen LogP contribution in [0.1, 0.15) is 46.0 Å². The van der Waals surface area contributed by atoms with Crippen molar-refractivity contribution in [2.75, 3.05) is 26.2 Å². The molecule has 1 aliphatic heterocycles. The van der Waals surface area contributed by atoms with Gasteiger partial charge in [0.1, 0.15) is 0 Å². The van der Waals surface area contributed by atoms with Gasteiger partial charge < -0.3 is 10.6 Å². The molecule has 1 rings (SSSR count). The maximum Gasteiger partial charge on any atom is 0.000703 e. The molecule has 1 heterocycles. The fraction of sp³-hybridized carbons (Fsp3) is 1.00. The van der Waals surface area contributed by atoms with Crippen molar-refractivity contribution >= 4 is 0 Å². The Labute approximate surface area is 95.2 Å². The van der Waals surface area contributed by atoms with Crippen molar-refractivity contribution in [3.63, 3.8) is 0 Å². The molecule has 2 atom stereocenters. The number of rotatable bonds is 5. The first-order valence-electron chi connectivity index (χ1n) is 6.64. The van der Waals surface area contributed by atoms with E-state index in [2.05, 4.69) is 18.7 Å². The molecule has 0 saturated carbocycles. The van der Waals surface area contributed by atoms with Crippen molar-refractivity contribution in [1.29, 1.82) is 0 Å². The van der Waals surface area contributed by atoms with E-state index >= 15 is 0 Å². The molecule has 0 aliphatic carbocycles. The third-order valence-electron chi connectivity index (χ3n) is 3.58. The highest BCUT2D eigenvalue weighted by molar-refractivity contribution is 4.69. The van der Waals surface area contributed by atoms with E-state index < -0.39 is 0 Å². The topological polar surface area (TPSA) is 29.3 Å². The number of likely N-dealkylation sites (tertiary alicyclic amines) is 1. The minimum absolute atomic E-state index is 0.821. The second kappa shape index (κ2) is 7.24. The van der Waals surface area contributed by atoms with Crippen molar-refractivity contribution in [3.05, 3.63) is 0 Å². The lowest BCUT2D eigenvalue weighted by Gasteiger charge is -2.23. The van der Waals surface area contributed by atoms with E-state index in [4.69, 9.17) is 5.73 Å². The third kappa shape index (κ3) is 5.53. The zero-order chi connectivity index (χ0) is 11.1. The second-order valence-corrected chi connectivity index (χ2v) is 5.37. The molecule has 0 spiro atoms. The molecule has 90 valence electrons. The Morgan fingerprint density at radius 2 is 2.13 bits per heavy atom. The smallest absolute Gasteiger partial charge is 0.000703 e. The predicted molar refractivity (Wildman–Crippen MR) is 66.9 cm³/mol. The van der Waals surface area contributed by atoms with Gasteiger partial charge in [0.2, 0.25) is 0 Å². The van der Waals surface area contributed by atoms with E-state index in [1.165, 1.54) is 51.7 Å². The van der Waals surface area contributed by atoms with Crippen LogP contribution in [-0.2, 0) is 0 Å². The van der Waals surface area contributed by atoms with Gasteiger partial charge >= 0.3 is 0 Å². The lowest BCUT2D eigenvalue weighted by Crippen LogP contribution is -2.29. The maximum absolute atomic E-state index is 5.54. The summed E-state index contributed by atoms with van der Waals surface area (Å²) >= 11 is 0. The molecule has 0 aromatic rings. The van der Waals surface area contributed by atoms with Crippen LogP contribution in [0.2, 0.25) is 0 Å². The van der Waals surface area contributed by atoms with Gasteiger partial charge in [-0.1, -0.05) is 13.8 Å². The molecule has 2 N–H and O–H groups in total. The number of hydrogen-bond donors (Lipinski definition) is 1. The molecule has 2 heteroatoms. The Balaban J connectivity index is 2.18. The summed E-state index contributed by atoms with van der Waals surface area (Å²) in [5.74, 6) is 1.76. The quantitative estimate of drug-likeness (QED) is 0.758. The summed E-state index contributed by atoms with van der Waals surface area (Å²) in [6.07, 6.45) is 6.69. The molecule has 2 nitrogen and oxygen atoms in total.